The lowest BCUT2D eigenvalue weighted by Gasteiger charge is -2.21. The van der Waals surface area contributed by atoms with E-state index >= 15 is 0 Å². The van der Waals surface area contributed by atoms with Gasteiger partial charge in [-0.1, -0.05) is 12.1 Å². The van der Waals surface area contributed by atoms with Gasteiger partial charge in [0.15, 0.2) is 11.5 Å². The third-order valence-corrected chi connectivity index (χ3v) is 7.14. The molecule has 0 fully saturated rings. The smallest absolute Gasteiger partial charge is 0.203 e. The fourth-order valence-corrected chi connectivity index (χ4v) is 5.07. The van der Waals surface area contributed by atoms with Crippen molar-refractivity contribution < 1.29 is 19.0 Å². The number of hydrogen-bond donors (Lipinski definition) is 2. The number of rotatable bonds is 7. The summed E-state index contributed by atoms with van der Waals surface area (Å²) >= 11 is 1.69. The molecule has 0 amide bonds. The standard InChI is InChI=1S/C19H21NO4.C10H10N2S/c1-22-17-9-14(10-18(23-2)19(17)24-3)11-20-7-6-15-8-13(12-21)4-5-16(15)20;11-8-4-3-7(6-9(8)12)10-2-1-5-13-10/h4-5,8-10,12H,6-7,11H2,1-3H3;1-6H,11-12H2. The Kier molecular flexibility index (Phi) is 8.20. The molecule has 2 heterocycles. The number of thiophene rings is 1. The SMILES string of the molecule is COc1cc(CN2CCc3cc(C=O)ccc32)cc(OC)c1OC.Nc1ccc(-c2cccs2)cc1N. The molecule has 4 N–H and O–H groups in total. The summed E-state index contributed by atoms with van der Waals surface area (Å²) < 4.78 is 16.2. The van der Waals surface area contributed by atoms with Crippen molar-refractivity contribution in [3.8, 4) is 27.7 Å². The van der Waals surface area contributed by atoms with E-state index in [1.807, 2.05) is 60.0 Å². The van der Waals surface area contributed by atoms with Crippen LogP contribution >= 0.6 is 11.3 Å². The van der Waals surface area contributed by atoms with E-state index in [1.54, 1.807) is 32.7 Å². The number of hydrogen-bond acceptors (Lipinski definition) is 8. The number of aldehydes is 1. The van der Waals surface area contributed by atoms with Crippen LogP contribution in [0.15, 0.2) is 66.0 Å². The Morgan fingerprint density at radius 3 is 2.27 bits per heavy atom. The fraction of sp³-hybridized carbons (Fsp3) is 0.207. The van der Waals surface area contributed by atoms with Crippen LogP contribution in [0, 0.1) is 0 Å². The van der Waals surface area contributed by atoms with Crippen molar-refractivity contribution in [3.05, 3.63) is 82.7 Å². The molecule has 0 saturated heterocycles. The molecule has 0 saturated carbocycles. The van der Waals surface area contributed by atoms with Crippen molar-refractivity contribution in [1.29, 1.82) is 0 Å². The molecule has 0 atom stereocenters. The molecule has 0 spiro atoms. The highest BCUT2D eigenvalue weighted by Gasteiger charge is 2.21. The van der Waals surface area contributed by atoms with E-state index in [2.05, 4.69) is 11.0 Å². The summed E-state index contributed by atoms with van der Waals surface area (Å²) in [6, 6.07) is 19.6. The highest BCUT2D eigenvalue weighted by atomic mass is 32.1. The van der Waals surface area contributed by atoms with Crippen LogP contribution in [0.4, 0.5) is 17.1 Å². The van der Waals surface area contributed by atoms with Gasteiger partial charge < -0.3 is 30.6 Å². The molecule has 0 unspecified atom stereocenters. The molecule has 0 aliphatic carbocycles. The average molecular weight is 518 g/mol. The molecule has 5 rings (SSSR count). The van der Waals surface area contributed by atoms with Crippen LogP contribution in [0.5, 0.6) is 17.2 Å². The van der Waals surface area contributed by atoms with Crippen molar-refractivity contribution in [3.63, 3.8) is 0 Å². The molecule has 37 heavy (non-hydrogen) atoms. The minimum absolute atomic E-state index is 0.598. The Balaban J connectivity index is 0.000000207. The Morgan fingerprint density at radius 2 is 1.68 bits per heavy atom. The Bertz CT molecular complexity index is 1350. The Hall–Kier alpha value is -4.17. The maximum atomic E-state index is 10.9. The van der Waals surface area contributed by atoms with Crippen LogP contribution in [0.25, 0.3) is 10.4 Å². The van der Waals surface area contributed by atoms with Gasteiger partial charge in [0.1, 0.15) is 6.29 Å². The van der Waals surface area contributed by atoms with E-state index in [-0.39, 0.29) is 0 Å². The molecule has 1 aliphatic heterocycles. The lowest BCUT2D eigenvalue weighted by Crippen LogP contribution is -2.19. The first-order valence-corrected chi connectivity index (χ1v) is 12.7. The second-order valence-electron chi connectivity index (χ2n) is 8.53. The quantitative estimate of drug-likeness (QED) is 0.241. The lowest BCUT2D eigenvalue weighted by molar-refractivity contribution is 0.112. The molecule has 8 heteroatoms. The molecule has 192 valence electrons. The van der Waals surface area contributed by atoms with Gasteiger partial charge in [0.25, 0.3) is 0 Å². The summed E-state index contributed by atoms with van der Waals surface area (Å²) in [5.74, 6) is 1.91. The van der Waals surface area contributed by atoms with E-state index in [9.17, 15) is 4.79 Å². The summed E-state index contributed by atoms with van der Waals surface area (Å²) in [7, 11) is 4.84. The molecular weight excluding hydrogens is 486 g/mol. The summed E-state index contributed by atoms with van der Waals surface area (Å²) in [5, 5.41) is 2.04. The largest absolute Gasteiger partial charge is 0.493 e. The topological polar surface area (TPSA) is 100 Å². The van der Waals surface area contributed by atoms with Gasteiger partial charge in [0.2, 0.25) is 5.75 Å². The zero-order chi connectivity index (χ0) is 26.4. The second-order valence-corrected chi connectivity index (χ2v) is 9.48. The molecule has 0 radical (unpaired) electrons. The Labute approximate surface area is 221 Å². The molecule has 0 bridgehead atoms. The molecule has 4 aromatic rings. The normalized spacial score (nSPS) is 11.8. The summed E-state index contributed by atoms with van der Waals surface area (Å²) in [6.45, 7) is 1.67. The van der Waals surface area contributed by atoms with Crippen molar-refractivity contribution in [2.45, 2.75) is 13.0 Å². The number of nitrogen functional groups attached to an aromatic ring is 2. The van der Waals surface area contributed by atoms with Crippen LogP contribution in [0.2, 0.25) is 0 Å². The number of methoxy groups -OCH3 is 3. The van der Waals surface area contributed by atoms with Crippen LogP contribution in [0.3, 0.4) is 0 Å². The molecule has 3 aromatic carbocycles. The minimum Gasteiger partial charge on any atom is -0.493 e. The maximum absolute atomic E-state index is 10.9. The van der Waals surface area contributed by atoms with Gasteiger partial charge in [-0.2, -0.15) is 0 Å². The van der Waals surface area contributed by atoms with E-state index in [0.717, 1.165) is 42.5 Å². The number of nitrogens with zero attached hydrogens (tertiary/aromatic N) is 1. The van der Waals surface area contributed by atoms with Gasteiger partial charge in [0.05, 0.1) is 32.7 Å². The van der Waals surface area contributed by atoms with Crippen LogP contribution in [0.1, 0.15) is 21.5 Å². The van der Waals surface area contributed by atoms with Gasteiger partial charge >= 0.3 is 0 Å². The fourth-order valence-electron chi connectivity index (χ4n) is 4.35. The Morgan fingerprint density at radius 1 is 0.919 bits per heavy atom. The number of fused-ring (bicyclic) bond motifs is 1. The summed E-state index contributed by atoms with van der Waals surface area (Å²) in [6.07, 6.45) is 1.84. The maximum Gasteiger partial charge on any atom is 0.203 e. The van der Waals surface area contributed by atoms with E-state index < -0.39 is 0 Å². The molecular formula is C29H31N3O4S. The first-order chi connectivity index (χ1) is 18.0. The number of anilines is 3. The predicted molar refractivity (Wildman–Crippen MR) is 151 cm³/mol. The molecule has 7 nitrogen and oxygen atoms in total. The number of carbonyl (C=O) groups is 1. The van der Waals surface area contributed by atoms with Crippen molar-refractivity contribution in [2.75, 3.05) is 44.2 Å². The van der Waals surface area contributed by atoms with Gasteiger partial charge in [-0.15, -0.1) is 11.3 Å². The third kappa shape index (κ3) is 5.81. The number of ether oxygens (including phenoxy) is 3. The van der Waals surface area contributed by atoms with Gasteiger partial charge in [-0.05, 0) is 77.0 Å². The first kappa shape index (κ1) is 25.9. The van der Waals surface area contributed by atoms with Gasteiger partial charge in [-0.3, -0.25) is 4.79 Å². The number of nitrogens with two attached hydrogens (primary N) is 2. The molecule has 1 aliphatic rings. The zero-order valence-electron chi connectivity index (χ0n) is 21.2. The zero-order valence-corrected chi connectivity index (χ0v) is 22.0. The van der Waals surface area contributed by atoms with Crippen LogP contribution < -0.4 is 30.6 Å². The highest BCUT2D eigenvalue weighted by molar-refractivity contribution is 7.13. The van der Waals surface area contributed by atoms with E-state index in [4.69, 9.17) is 25.7 Å². The van der Waals surface area contributed by atoms with E-state index in [1.165, 1.54) is 16.1 Å². The number of benzene rings is 3. The lowest BCUT2D eigenvalue weighted by atomic mass is 10.1. The van der Waals surface area contributed by atoms with Gasteiger partial charge in [-0.25, -0.2) is 0 Å². The summed E-state index contributed by atoms with van der Waals surface area (Å²) in [4.78, 5) is 14.4. The summed E-state index contributed by atoms with van der Waals surface area (Å²) in [5.41, 5.74) is 17.9. The highest BCUT2D eigenvalue weighted by Crippen LogP contribution is 2.39. The third-order valence-electron chi connectivity index (χ3n) is 6.22. The minimum atomic E-state index is 0.598. The molecule has 1 aromatic heterocycles. The van der Waals surface area contributed by atoms with Crippen molar-refractivity contribution >= 4 is 34.7 Å². The average Bonchev–Trinajstić information content (AvgIpc) is 3.60. The van der Waals surface area contributed by atoms with Gasteiger partial charge in [0, 0.05) is 29.2 Å². The first-order valence-electron chi connectivity index (χ1n) is 11.8. The number of carbonyl (C=O) groups excluding carboxylic acids is 1. The van der Waals surface area contributed by atoms with Crippen LogP contribution in [-0.4, -0.2) is 34.2 Å². The monoisotopic (exact) mass is 517 g/mol. The predicted octanol–water partition coefficient (Wildman–Crippen LogP) is 5.67. The second kappa shape index (κ2) is 11.7. The van der Waals surface area contributed by atoms with Crippen molar-refractivity contribution in [2.24, 2.45) is 0 Å². The van der Waals surface area contributed by atoms with E-state index in [0.29, 0.717) is 28.6 Å². The van der Waals surface area contributed by atoms with Crippen LogP contribution in [-0.2, 0) is 13.0 Å². The van der Waals surface area contributed by atoms with Crippen molar-refractivity contribution in [1.82, 2.24) is 0 Å².